The molecule has 4 nitrogen and oxygen atoms in total. The van der Waals surface area contributed by atoms with E-state index in [1.165, 1.54) is 0 Å². The van der Waals surface area contributed by atoms with Crippen LogP contribution in [0.1, 0.15) is 25.3 Å². The number of hydrogen-bond donors (Lipinski definition) is 0. The van der Waals surface area contributed by atoms with Crippen LogP contribution in [0.5, 0.6) is 0 Å². The number of benzene rings is 2. The van der Waals surface area contributed by atoms with Gasteiger partial charge in [0.25, 0.3) is 0 Å². The van der Waals surface area contributed by atoms with E-state index in [4.69, 9.17) is 0 Å². The Morgan fingerprint density at radius 1 is 1.04 bits per heavy atom. The van der Waals surface area contributed by atoms with Gasteiger partial charge in [-0.1, -0.05) is 61.5 Å². The maximum absolute atomic E-state index is 12.8. The fraction of sp³-hybridized carbons (Fsp3) is 0.381. The predicted molar refractivity (Wildman–Crippen MR) is 105 cm³/mol. The molecule has 1 aliphatic rings. The number of carbonyl (C=O) groups is 1. The number of rotatable bonds is 6. The Kier molecular flexibility index (Phi) is 5.77. The van der Waals surface area contributed by atoms with Gasteiger partial charge in [0, 0.05) is 12.6 Å². The van der Waals surface area contributed by atoms with Crippen LogP contribution in [0.4, 0.5) is 0 Å². The summed E-state index contributed by atoms with van der Waals surface area (Å²) in [6.07, 6.45) is 1.70. The van der Waals surface area contributed by atoms with Crippen molar-refractivity contribution in [3.63, 3.8) is 0 Å². The summed E-state index contributed by atoms with van der Waals surface area (Å²) >= 11 is 0. The fourth-order valence-electron chi connectivity index (χ4n) is 3.49. The Morgan fingerprint density at radius 3 is 2.27 bits per heavy atom. The molecule has 1 saturated heterocycles. The maximum Gasteiger partial charge on any atom is 0.227 e. The van der Waals surface area contributed by atoms with E-state index in [1.807, 2.05) is 49.4 Å². The van der Waals surface area contributed by atoms with Crippen molar-refractivity contribution in [2.24, 2.45) is 0 Å². The molecular formula is C21H25NO3S. The van der Waals surface area contributed by atoms with Crippen molar-refractivity contribution in [1.29, 1.82) is 0 Å². The molecule has 0 spiro atoms. The lowest BCUT2D eigenvalue weighted by molar-refractivity contribution is -0.132. The number of sulfone groups is 1. The molecule has 0 bridgehead atoms. The molecule has 0 radical (unpaired) electrons. The molecule has 5 heteroatoms. The van der Waals surface area contributed by atoms with E-state index in [0.29, 0.717) is 19.4 Å². The molecule has 1 atom stereocenters. The monoisotopic (exact) mass is 371 g/mol. The molecule has 1 fully saturated rings. The molecule has 0 saturated carbocycles. The molecule has 2 aromatic rings. The van der Waals surface area contributed by atoms with Gasteiger partial charge in [-0.2, -0.15) is 0 Å². The molecule has 0 unspecified atom stereocenters. The van der Waals surface area contributed by atoms with Crippen LogP contribution in [0.3, 0.4) is 0 Å². The number of hydrogen-bond acceptors (Lipinski definition) is 3. The Bertz CT molecular complexity index is 845. The molecule has 26 heavy (non-hydrogen) atoms. The van der Waals surface area contributed by atoms with Gasteiger partial charge in [0.15, 0.2) is 9.84 Å². The molecule has 1 heterocycles. The van der Waals surface area contributed by atoms with Gasteiger partial charge in [-0.15, -0.1) is 0 Å². The first-order valence-electron chi connectivity index (χ1n) is 9.13. The minimum absolute atomic E-state index is 0.0152. The van der Waals surface area contributed by atoms with Gasteiger partial charge in [0.05, 0.1) is 17.9 Å². The molecular weight excluding hydrogens is 346 g/mol. The van der Waals surface area contributed by atoms with Crippen molar-refractivity contribution < 1.29 is 13.2 Å². The lowest BCUT2D eigenvalue weighted by Crippen LogP contribution is -2.42. The van der Waals surface area contributed by atoms with Crippen molar-refractivity contribution in [2.45, 2.75) is 32.2 Å². The van der Waals surface area contributed by atoms with E-state index in [0.717, 1.165) is 23.1 Å². The van der Waals surface area contributed by atoms with Crippen molar-refractivity contribution >= 4 is 15.7 Å². The highest BCUT2D eigenvalue weighted by atomic mass is 32.2. The Morgan fingerprint density at radius 2 is 1.69 bits per heavy atom. The van der Waals surface area contributed by atoms with Gasteiger partial charge >= 0.3 is 0 Å². The molecule has 0 aromatic heterocycles. The zero-order chi connectivity index (χ0) is 18.6. The van der Waals surface area contributed by atoms with Crippen molar-refractivity contribution in [3.8, 4) is 11.1 Å². The molecule has 138 valence electrons. The normalized spacial score (nSPS) is 18.6. The summed E-state index contributed by atoms with van der Waals surface area (Å²) in [5.74, 6) is 0.309. The largest absolute Gasteiger partial charge is 0.338 e. The summed E-state index contributed by atoms with van der Waals surface area (Å²) < 4.78 is 23.5. The van der Waals surface area contributed by atoms with E-state index < -0.39 is 9.84 Å². The van der Waals surface area contributed by atoms with Crippen molar-refractivity contribution in [3.05, 3.63) is 60.2 Å². The van der Waals surface area contributed by atoms with Crippen LogP contribution in [0.15, 0.2) is 54.6 Å². The Labute approximate surface area is 155 Å². The lowest BCUT2D eigenvalue weighted by Gasteiger charge is -2.28. The van der Waals surface area contributed by atoms with Gasteiger partial charge in [-0.05, 0) is 29.5 Å². The minimum atomic E-state index is -3.00. The second-order valence-electron chi connectivity index (χ2n) is 6.88. The van der Waals surface area contributed by atoms with Crippen LogP contribution in [-0.2, 0) is 21.1 Å². The van der Waals surface area contributed by atoms with Crippen molar-refractivity contribution in [1.82, 2.24) is 4.90 Å². The average molecular weight is 372 g/mol. The van der Waals surface area contributed by atoms with Crippen LogP contribution >= 0.6 is 0 Å². The Hall–Kier alpha value is -2.14. The Balaban J connectivity index is 1.69. The maximum atomic E-state index is 12.8. The number of carbonyl (C=O) groups excluding carboxylic acids is 1. The number of amides is 1. The van der Waals surface area contributed by atoms with Gasteiger partial charge < -0.3 is 4.90 Å². The first-order valence-corrected chi connectivity index (χ1v) is 10.9. The zero-order valence-corrected chi connectivity index (χ0v) is 15.9. The SMILES string of the molecule is CCCN(C(=O)Cc1ccc(-c2ccccc2)cc1)[C@@H]1CCS(=O)(=O)C1. The van der Waals surface area contributed by atoms with Crippen LogP contribution in [0.2, 0.25) is 0 Å². The van der Waals surface area contributed by atoms with E-state index in [1.54, 1.807) is 4.90 Å². The summed E-state index contributed by atoms with van der Waals surface area (Å²) in [6.45, 7) is 2.62. The lowest BCUT2D eigenvalue weighted by atomic mass is 10.0. The summed E-state index contributed by atoms with van der Waals surface area (Å²) in [7, 11) is -3.00. The number of nitrogens with zero attached hydrogens (tertiary/aromatic N) is 1. The predicted octanol–water partition coefficient (Wildman–Crippen LogP) is 3.32. The van der Waals surface area contributed by atoms with Crippen molar-refractivity contribution in [2.75, 3.05) is 18.1 Å². The van der Waals surface area contributed by atoms with E-state index in [9.17, 15) is 13.2 Å². The summed E-state index contributed by atoms with van der Waals surface area (Å²) in [5, 5.41) is 0. The third-order valence-corrected chi connectivity index (χ3v) is 6.60. The fourth-order valence-corrected chi connectivity index (χ4v) is 5.23. The second-order valence-corrected chi connectivity index (χ2v) is 9.11. The first kappa shape index (κ1) is 18.6. The smallest absolute Gasteiger partial charge is 0.227 e. The quantitative estimate of drug-likeness (QED) is 0.783. The topological polar surface area (TPSA) is 54.5 Å². The van der Waals surface area contributed by atoms with E-state index >= 15 is 0 Å². The highest BCUT2D eigenvalue weighted by Gasteiger charge is 2.34. The van der Waals surface area contributed by atoms with Crippen LogP contribution < -0.4 is 0 Å². The highest BCUT2D eigenvalue weighted by Crippen LogP contribution is 2.21. The minimum Gasteiger partial charge on any atom is -0.338 e. The zero-order valence-electron chi connectivity index (χ0n) is 15.1. The third kappa shape index (κ3) is 4.52. The second kappa shape index (κ2) is 8.04. The van der Waals surface area contributed by atoms with E-state index in [-0.39, 0.29) is 23.5 Å². The molecule has 0 aliphatic carbocycles. The first-order chi connectivity index (χ1) is 12.5. The van der Waals surface area contributed by atoms with Crippen LogP contribution in [-0.4, -0.2) is 43.3 Å². The summed E-state index contributed by atoms with van der Waals surface area (Å²) in [6, 6.07) is 18.0. The van der Waals surface area contributed by atoms with Gasteiger partial charge in [0.2, 0.25) is 5.91 Å². The summed E-state index contributed by atoms with van der Waals surface area (Å²) in [5.41, 5.74) is 3.22. The van der Waals surface area contributed by atoms with Gasteiger partial charge in [0.1, 0.15) is 0 Å². The average Bonchev–Trinajstić information content (AvgIpc) is 3.00. The summed E-state index contributed by atoms with van der Waals surface area (Å²) in [4.78, 5) is 14.6. The van der Waals surface area contributed by atoms with Gasteiger partial charge in [-0.3, -0.25) is 4.79 Å². The molecule has 0 N–H and O–H groups in total. The van der Waals surface area contributed by atoms with Crippen LogP contribution in [0, 0.1) is 0 Å². The van der Waals surface area contributed by atoms with Crippen LogP contribution in [0.25, 0.3) is 11.1 Å². The molecule has 1 amide bonds. The molecule has 3 rings (SSSR count). The van der Waals surface area contributed by atoms with E-state index in [2.05, 4.69) is 12.1 Å². The highest BCUT2D eigenvalue weighted by molar-refractivity contribution is 7.91. The molecule has 2 aromatic carbocycles. The van der Waals surface area contributed by atoms with Gasteiger partial charge in [-0.25, -0.2) is 8.42 Å². The molecule has 1 aliphatic heterocycles. The standard InChI is InChI=1S/C21H25NO3S/c1-2-13-22(20-12-14-26(24,25)16-20)21(23)15-17-8-10-19(11-9-17)18-6-4-3-5-7-18/h3-11,20H,2,12-16H2,1H3/t20-/m1/s1. The third-order valence-electron chi connectivity index (χ3n) is 4.85.